The van der Waals surface area contributed by atoms with Gasteiger partial charge in [-0.1, -0.05) is 6.07 Å². The Labute approximate surface area is 168 Å². The highest BCUT2D eigenvalue weighted by Crippen LogP contribution is 2.34. The van der Waals surface area contributed by atoms with Crippen LogP contribution in [0.1, 0.15) is 35.2 Å². The zero-order valence-electron chi connectivity index (χ0n) is 16.5. The summed E-state index contributed by atoms with van der Waals surface area (Å²) in [6, 6.07) is 6.23. The topological polar surface area (TPSA) is 107 Å². The summed E-state index contributed by atoms with van der Waals surface area (Å²) < 4.78 is 10.3. The molecule has 1 fully saturated rings. The number of carbonyl (C=O) groups excluding carboxylic acids is 1. The Hall–Kier alpha value is -3.36. The Morgan fingerprint density at radius 3 is 2.55 bits per heavy atom. The summed E-state index contributed by atoms with van der Waals surface area (Å²) in [6.45, 7) is 2.07. The van der Waals surface area contributed by atoms with Crippen molar-refractivity contribution in [1.29, 1.82) is 0 Å². The highest BCUT2D eigenvalue weighted by Gasteiger charge is 2.25. The molecule has 154 valence electrons. The SMILES string of the molecule is COc1cc(C(=O)NCc2cccnc2N2CCCCC2)c([N+](=O)[O-])cc1OC. The monoisotopic (exact) mass is 400 g/mol. The largest absolute Gasteiger partial charge is 0.493 e. The van der Waals surface area contributed by atoms with E-state index < -0.39 is 10.8 Å². The van der Waals surface area contributed by atoms with Gasteiger partial charge in [-0.3, -0.25) is 14.9 Å². The number of piperidine rings is 1. The zero-order valence-corrected chi connectivity index (χ0v) is 16.5. The lowest BCUT2D eigenvalue weighted by atomic mass is 10.1. The molecule has 0 spiro atoms. The maximum atomic E-state index is 12.8. The lowest BCUT2D eigenvalue weighted by molar-refractivity contribution is -0.385. The molecule has 1 aliphatic heterocycles. The molecular formula is C20H24N4O5. The molecule has 9 heteroatoms. The number of rotatable bonds is 7. The third-order valence-corrected chi connectivity index (χ3v) is 4.91. The second kappa shape index (κ2) is 9.22. The van der Waals surface area contributed by atoms with Crippen LogP contribution in [-0.4, -0.2) is 43.1 Å². The Balaban J connectivity index is 1.82. The first kappa shape index (κ1) is 20.4. The van der Waals surface area contributed by atoms with Crippen LogP contribution in [0, 0.1) is 10.1 Å². The van der Waals surface area contributed by atoms with Crippen molar-refractivity contribution in [3.05, 3.63) is 51.7 Å². The number of nitrogens with zero attached hydrogens (tertiary/aromatic N) is 3. The van der Waals surface area contributed by atoms with Crippen LogP contribution >= 0.6 is 0 Å². The summed E-state index contributed by atoms with van der Waals surface area (Å²) in [5.74, 6) is 0.717. The summed E-state index contributed by atoms with van der Waals surface area (Å²) in [4.78, 5) is 30.3. The van der Waals surface area contributed by atoms with E-state index in [1.807, 2.05) is 12.1 Å². The summed E-state index contributed by atoms with van der Waals surface area (Å²) in [6.07, 6.45) is 5.16. The fraction of sp³-hybridized carbons (Fsp3) is 0.400. The van der Waals surface area contributed by atoms with Crippen LogP contribution in [-0.2, 0) is 6.54 Å². The van der Waals surface area contributed by atoms with Gasteiger partial charge in [0.2, 0.25) is 0 Å². The van der Waals surface area contributed by atoms with E-state index in [9.17, 15) is 14.9 Å². The van der Waals surface area contributed by atoms with E-state index in [-0.39, 0.29) is 29.3 Å². The van der Waals surface area contributed by atoms with Gasteiger partial charge in [0.25, 0.3) is 11.6 Å². The molecule has 0 radical (unpaired) electrons. The van der Waals surface area contributed by atoms with Crippen LogP contribution in [0.5, 0.6) is 11.5 Å². The minimum Gasteiger partial charge on any atom is -0.493 e. The van der Waals surface area contributed by atoms with Gasteiger partial charge in [-0.05, 0) is 25.3 Å². The van der Waals surface area contributed by atoms with Gasteiger partial charge in [0.05, 0.1) is 25.2 Å². The van der Waals surface area contributed by atoms with Crippen molar-refractivity contribution in [2.45, 2.75) is 25.8 Å². The molecule has 1 saturated heterocycles. The van der Waals surface area contributed by atoms with Crippen molar-refractivity contribution < 1.29 is 19.2 Å². The van der Waals surface area contributed by atoms with Gasteiger partial charge in [-0.15, -0.1) is 0 Å². The normalized spacial score (nSPS) is 13.7. The maximum Gasteiger partial charge on any atom is 0.286 e. The van der Waals surface area contributed by atoms with E-state index in [2.05, 4.69) is 15.2 Å². The average Bonchev–Trinajstić information content (AvgIpc) is 2.77. The highest BCUT2D eigenvalue weighted by molar-refractivity contribution is 5.99. The highest BCUT2D eigenvalue weighted by atomic mass is 16.6. The van der Waals surface area contributed by atoms with Crippen molar-refractivity contribution in [2.75, 3.05) is 32.2 Å². The van der Waals surface area contributed by atoms with Crippen LogP contribution in [0.3, 0.4) is 0 Å². The number of benzene rings is 1. The number of carbonyl (C=O) groups is 1. The van der Waals surface area contributed by atoms with Crippen LogP contribution in [0.25, 0.3) is 0 Å². The van der Waals surface area contributed by atoms with Crippen LogP contribution in [0.4, 0.5) is 11.5 Å². The Morgan fingerprint density at radius 1 is 1.21 bits per heavy atom. The summed E-state index contributed by atoms with van der Waals surface area (Å²) >= 11 is 0. The number of ether oxygens (including phenoxy) is 2. The fourth-order valence-corrected chi connectivity index (χ4v) is 3.43. The molecule has 2 heterocycles. The Bertz CT molecular complexity index is 896. The summed E-state index contributed by atoms with van der Waals surface area (Å²) in [5, 5.41) is 14.2. The number of nitro benzene ring substituents is 1. The molecule has 1 aliphatic rings. The molecule has 0 bridgehead atoms. The summed E-state index contributed by atoms with van der Waals surface area (Å²) in [5.41, 5.74) is 0.435. The molecule has 0 unspecified atom stereocenters. The van der Waals surface area contributed by atoms with E-state index in [0.717, 1.165) is 37.3 Å². The van der Waals surface area contributed by atoms with Crippen LogP contribution in [0.2, 0.25) is 0 Å². The number of anilines is 1. The van der Waals surface area contributed by atoms with E-state index in [4.69, 9.17) is 9.47 Å². The predicted molar refractivity (Wildman–Crippen MR) is 108 cm³/mol. The van der Waals surface area contributed by atoms with Crippen molar-refractivity contribution in [3.8, 4) is 11.5 Å². The molecule has 3 rings (SSSR count). The number of pyridine rings is 1. The van der Waals surface area contributed by atoms with Gasteiger partial charge in [0, 0.05) is 37.5 Å². The predicted octanol–water partition coefficient (Wildman–Crippen LogP) is 2.93. The zero-order chi connectivity index (χ0) is 20.8. The molecule has 2 aromatic rings. The molecule has 0 saturated carbocycles. The van der Waals surface area contributed by atoms with Crippen molar-refractivity contribution >= 4 is 17.4 Å². The Morgan fingerprint density at radius 2 is 1.90 bits per heavy atom. The molecule has 0 aliphatic carbocycles. The van der Waals surface area contributed by atoms with E-state index >= 15 is 0 Å². The van der Waals surface area contributed by atoms with Crippen molar-refractivity contribution in [2.24, 2.45) is 0 Å². The van der Waals surface area contributed by atoms with Crippen molar-refractivity contribution in [3.63, 3.8) is 0 Å². The third kappa shape index (κ3) is 4.56. The first-order valence-electron chi connectivity index (χ1n) is 9.42. The average molecular weight is 400 g/mol. The second-order valence-corrected chi connectivity index (χ2v) is 6.70. The van der Waals surface area contributed by atoms with E-state index in [1.165, 1.54) is 32.8 Å². The van der Waals surface area contributed by atoms with E-state index in [1.54, 1.807) is 6.20 Å². The molecule has 1 N–H and O–H groups in total. The van der Waals surface area contributed by atoms with Gasteiger partial charge in [0.15, 0.2) is 11.5 Å². The second-order valence-electron chi connectivity index (χ2n) is 6.70. The molecule has 29 heavy (non-hydrogen) atoms. The number of methoxy groups -OCH3 is 2. The number of nitrogens with one attached hydrogen (secondary N) is 1. The third-order valence-electron chi connectivity index (χ3n) is 4.91. The smallest absolute Gasteiger partial charge is 0.286 e. The van der Waals surface area contributed by atoms with Gasteiger partial charge >= 0.3 is 0 Å². The first-order valence-corrected chi connectivity index (χ1v) is 9.42. The minimum atomic E-state index is -0.611. The van der Waals surface area contributed by atoms with Crippen molar-refractivity contribution in [1.82, 2.24) is 10.3 Å². The lowest BCUT2D eigenvalue weighted by Gasteiger charge is -2.29. The van der Waals surface area contributed by atoms with Gasteiger partial charge < -0.3 is 19.7 Å². The molecule has 1 amide bonds. The van der Waals surface area contributed by atoms with Crippen LogP contribution < -0.4 is 19.7 Å². The lowest BCUT2D eigenvalue weighted by Crippen LogP contribution is -2.32. The van der Waals surface area contributed by atoms with E-state index in [0.29, 0.717) is 0 Å². The molecule has 1 aromatic carbocycles. The first-order chi connectivity index (χ1) is 14.0. The Kier molecular flexibility index (Phi) is 6.48. The fourth-order valence-electron chi connectivity index (χ4n) is 3.43. The molecule has 9 nitrogen and oxygen atoms in total. The number of aromatic nitrogens is 1. The quantitative estimate of drug-likeness (QED) is 0.562. The molecule has 1 aromatic heterocycles. The summed E-state index contributed by atoms with van der Waals surface area (Å²) in [7, 11) is 2.79. The number of nitro groups is 1. The van der Waals surface area contributed by atoms with Crippen LogP contribution in [0.15, 0.2) is 30.5 Å². The molecular weight excluding hydrogens is 376 g/mol. The standard InChI is InChI=1S/C20H24N4O5/c1-28-17-11-15(16(24(26)27)12-18(17)29-2)20(25)22-13-14-7-6-8-21-19(14)23-9-4-3-5-10-23/h6-8,11-12H,3-5,9-10,13H2,1-2H3,(H,22,25). The molecule has 0 atom stereocenters. The minimum absolute atomic E-state index is 0.0870. The van der Waals surface area contributed by atoms with Gasteiger partial charge in [-0.25, -0.2) is 4.98 Å². The van der Waals surface area contributed by atoms with Gasteiger partial charge in [0.1, 0.15) is 11.4 Å². The maximum absolute atomic E-state index is 12.8. The number of hydrogen-bond donors (Lipinski definition) is 1. The number of amides is 1. The van der Waals surface area contributed by atoms with Gasteiger partial charge in [-0.2, -0.15) is 0 Å². The number of hydrogen-bond acceptors (Lipinski definition) is 7.